The molecule has 1 rings (SSSR count). The van der Waals surface area contributed by atoms with Crippen molar-refractivity contribution in [3.63, 3.8) is 0 Å². The molecule has 1 heterocycles. The van der Waals surface area contributed by atoms with Crippen LogP contribution in [0.2, 0.25) is 0 Å². The zero-order chi connectivity index (χ0) is 12.5. The van der Waals surface area contributed by atoms with E-state index in [1.807, 2.05) is 6.92 Å². The van der Waals surface area contributed by atoms with Gasteiger partial charge in [-0.2, -0.15) is 0 Å². The van der Waals surface area contributed by atoms with E-state index < -0.39 is 0 Å². The highest BCUT2D eigenvalue weighted by molar-refractivity contribution is 5.78. The Morgan fingerprint density at radius 3 is 3.00 bits per heavy atom. The van der Waals surface area contributed by atoms with Crippen molar-refractivity contribution in [3.8, 4) is 0 Å². The minimum Gasteiger partial charge on any atom is -0.382 e. The Morgan fingerprint density at radius 2 is 2.29 bits per heavy atom. The van der Waals surface area contributed by atoms with Crippen molar-refractivity contribution in [3.05, 3.63) is 0 Å². The number of unbranched alkanes of at least 4 members (excludes halogenated alkanes) is 1. The second kappa shape index (κ2) is 8.34. The molecule has 1 saturated heterocycles. The third-order valence-corrected chi connectivity index (χ3v) is 3.16. The molecule has 1 atom stereocenters. The summed E-state index contributed by atoms with van der Waals surface area (Å²) in [5.41, 5.74) is 6.00. The molecular formula is C13H27N3O. The van der Waals surface area contributed by atoms with Gasteiger partial charge in [0.25, 0.3) is 0 Å². The van der Waals surface area contributed by atoms with E-state index in [4.69, 9.17) is 10.5 Å². The molecule has 0 aromatic carbocycles. The average molecular weight is 241 g/mol. The fraction of sp³-hybridized carbons (Fsp3) is 0.923. The lowest BCUT2D eigenvalue weighted by Crippen LogP contribution is -2.43. The number of hydrogen-bond donors (Lipinski definition) is 1. The molecule has 0 saturated carbocycles. The van der Waals surface area contributed by atoms with Crippen molar-refractivity contribution in [1.82, 2.24) is 4.90 Å². The molecule has 17 heavy (non-hydrogen) atoms. The number of hydrogen-bond acceptors (Lipinski definition) is 2. The first kappa shape index (κ1) is 14.3. The van der Waals surface area contributed by atoms with Crippen LogP contribution in [0.1, 0.15) is 39.5 Å². The maximum Gasteiger partial charge on any atom is 0.191 e. The van der Waals surface area contributed by atoms with Gasteiger partial charge in [-0.3, -0.25) is 4.99 Å². The number of rotatable bonds is 6. The van der Waals surface area contributed by atoms with Crippen LogP contribution < -0.4 is 5.73 Å². The summed E-state index contributed by atoms with van der Waals surface area (Å²) in [6.45, 7) is 8.90. The molecule has 0 aromatic rings. The van der Waals surface area contributed by atoms with Crippen LogP contribution in [0.3, 0.4) is 0 Å². The monoisotopic (exact) mass is 241 g/mol. The van der Waals surface area contributed by atoms with E-state index in [0.29, 0.717) is 0 Å². The Morgan fingerprint density at radius 1 is 1.47 bits per heavy atom. The van der Waals surface area contributed by atoms with Crippen LogP contribution in [0.15, 0.2) is 4.99 Å². The van der Waals surface area contributed by atoms with Crippen molar-refractivity contribution in [2.75, 3.05) is 32.8 Å². The first-order valence-electron chi connectivity index (χ1n) is 6.86. The second-order valence-corrected chi connectivity index (χ2v) is 4.84. The number of piperidine rings is 1. The predicted octanol–water partition coefficient (Wildman–Crippen LogP) is 1.85. The van der Waals surface area contributed by atoms with Crippen LogP contribution >= 0.6 is 0 Å². The maximum atomic E-state index is 6.00. The largest absolute Gasteiger partial charge is 0.382 e. The summed E-state index contributed by atoms with van der Waals surface area (Å²) in [7, 11) is 0. The minimum absolute atomic E-state index is 0.730. The number of aliphatic imine (C=N–C) groups is 1. The summed E-state index contributed by atoms with van der Waals surface area (Å²) in [6.07, 6.45) is 4.69. The molecule has 1 fully saturated rings. The topological polar surface area (TPSA) is 50.9 Å². The number of likely N-dealkylation sites (tertiary alicyclic amines) is 1. The van der Waals surface area contributed by atoms with Gasteiger partial charge in [-0.15, -0.1) is 0 Å². The Kier molecular flexibility index (Phi) is 7.01. The van der Waals surface area contributed by atoms with E-state index in [-0.39, 0.29) is 0 Å². The van der Waals surface area contributed by atoms with Gasteiger partial charge in [0.05, 0.1) is 0 Å². The lowest BCUT2D eigenvalue weighted by Gasteiger charge is -2.31. The van der Waals surface area contributed by atoms with Gasteiger partial charge in [-0.1, -0.05) is 6.92 Å². The minimum atomic E-state index is 0.730. The molecule has 4 heteroatoms. The number of nitrogens with zero attached hydrogens (tertiary/aromatic N) is 2. The SMILES string of the molecule is CCOCCCCN=C(N)N1CCCC(C)C1. The maximum absolute atomic E-state index is 6.00. The first-order chi connectivity index (χ1) is 8.24. The first-order valence-corrected chi connectivity index (χ1v) is 6.86. The van der Waals surface area contributed by atoms with Crippen molar-refractivity contribution in [2.24, 2.45) is 16.6 Å². The Labute approximate surface area is 105 Å². The van der Waals surface area contributed by atoms with Crippen molar-refractivity contribution in [2.45, 2.75) is 39.5 Å². The van der Waals surface area contributed by atoms with Crippen LogP contribution in [0, 0.1) is 5.92 Å². The molecule has 2 N–H and O–H groups in total. The molecule has 0 bridgehead atoms. The Balaban J connectivity index is 2.15. The Bertz CT molecular complexity index is 231. The Hall–Kier alpha value is -0.770. The summed E-state index contributed by atoms with van der Waals surface area (Å²) >= 11 is 0. The molecule has 1 aliphatic rings. The van der Waals surface area contributed by atoms with E-state index in [1.165, 1.54) is 12.8 Å². The van der Waals surface area contributed by atoms with E-state index in [2.05, 4.69) is 16.8 Å². The summed E-state index contributed by atoms with van der Waals surface area (Å²) in [5, 5.41) is 0. The highest BCUT2D eigenvalue weighted by Crippen LogP contribution is 2.14. The van der Waals surface area contributed by atoms with E-state index >= 15 is 0 Å². The number of guanidine groups is 1. The molecule has 4 nitrogen and oxygen atoms in total. The predicted molar refractivity (Wildman–Crippen MR) is 72.2 cm³/mol. The molecule has 0 aliphatic carbocycles. The molecular weight excluding hydrogens is 214 g/mol. The van der Waals surface area contributed by atoms with Crippen LogP contribution in [0.25, 0.3) is 0 Å². The highest BCUT2D eigenvalue weighted by Gasteiger charge is 2.17. The third-order valence-electron chi connectivity index (χ3n) is 3.16. The molecule has 0 aromatic heterocycles. The molecule has 100 valence electrons. The van der Waals surface area contributed by atoms with Crippen LogP contribution in [-0.4, -0.2) is 43.7 Å². The third kappa shape index (κ3) is 5.91. The smallest absolute Gasteiger partial charge is 0.191 e. The molecule has 0 spiro atoms. The van der Waals surface area contributed by atoms with Gasteiger partial charge in [0.15, 0.2) is 5.96 Å². The van der Waals surface area contributed by atoms with Gasteiger partial charge in [0.2, 0.25) is 0 Å². The van der Waals surface area contributed by atoms with Crippen LogP contribution in [-0.2, 0) is 4.74 Å². The van der Waals surface area contributed by atoms with Gasteiger partial charge >= 0.3 is 0 Å². The van der Waals surface area contributed by atoms with Crippen LogP contribution in [0.5, 0.6) is 0 Å². The molecule has 1 unspecified atom stereocenters. The fourth-order valence-electron chi connectivity index (χ4n) is 2.15. The standard InChI is InChI=1S/C13H27N3O/c1-3-17-10-5-4-8-15-13(14)16-9-6-7-12(2)11-16/h12H,3-11H2,1-2H3,(H2,14,15). The lowest BCUT2D eigenvalue weighted by atomic mass is 10.0. The van der Waals surface area contributed by atoms with Gasteiger partial charge < -0.3 is 15.4 Å². The van der Waals surface area contributed by atoms with E-state index in [0.717, 1.165) is 57.6 Å². The summed E-state index contributed by atoms with van der Waals surface area (Å²) < 4.78 is 5.28. The van der Waals surface area contributed by atoms with Gasteiger partial charge in [-0.05, 0) is 38.5 Å². The normalized spacial score (nSPS) is 21.9. The second-order valence-electron chi connectivity index (χ2n) is 4.84. The average Bonchev–Trinajstić information content (AvgIpc) is 2.33. The van der Waals surface area contributed by atoms with E-state index in [9.17, 15) is 0 Å². The zero-order valence-corrected chi connectivity index (χ0v) is 11.3. The van der Waals surface area contributed by atoms with Gasteiger partial charge in [0, 0.05) is 32.8 Å². The van der Waals surface area contributed by atoms with E-state index in [1.54, 1.807) is 0 Å². The zero-order valence-electron chi connectivity index (χ0n) is 11.3. The van der Waals surface area contributed by atoms with Crippen molar-refractivity contribution in [1.29, 1.82) is 0 Å². The number of ether oxygens (including phenoxy) is 1. The lowest BCUT2D eigenvalue weighted by molar-refractivity contribution is 0.144. The quantitative estimate of drug-likeness (QED) is 0.438. The molecule has 1 aliphatic heterocycles. The highest BCUT2D eigenvalue weighted by atomic mass is 16.5. The molecule has 0 radical (unpaired) electrons. The van der Waals surface area contributed by atoms with Crippen molar-refractivity contribution >= 4 is 5.96 Å². The molecule has 0 amide bonds. The van der Waals surface area contributed by atoms with Crippen molar-refractivity contribution < 1.29 is 4.74 Å². The van der Waals surface area contributed by atoms with Gasteiger partial charge in [-0.25, -0.2) is 0 Å². The summed E-state index contributed by atoms with van der Waals surface area (Å²) in [5.74, 6) is 1.48. The van der Waals surface area contributed by atoms with Gasteiger partial charge in [0.1, 0.15) is 0 Å². The fourth-order valence-corrected chi connectivity index (χ4v) is 2.15. The van der Waals surface area contributed by atoms with Crippen LogP contribution in [0.4, 0.5) is 0 Å². The summed E-state index contributed by atoms with van der Waals surface area (Å²) in [6, 6.07) is 0. The number of nitrogens with two attached hydrogens (primary N) is 1. The summed E-state index contributed by atoms with van der Waals surface area (Å²) in [4.78, 5) is 6.66.